The second-order valence-corrected chi connectivity index (χ2v) is 15.2. The molecule has 1 saturated carbocycles. The number of rotatable bonds is 7. The minimum atomic E-state index is -1.42. The number of anilines is 3. The highest BCUT2D eigenvalue weighted by molar-refractivity contribution is 6.22. The van der Waals surface area contributed by atoms with Gasteiger partial charge in [0, 0.05) is 24.7 Å². The van der Waals surface area contributed by atoms with Crippen molar-refractivity contribution in [2.24, 2.45) is 23.7 Å². The summed E-state index contributed by atoms with van der Waals surface area (Å²) in [6, 6.07) is 29.4. The maximum absolute atomic E-state index is 15.3. The number of imide groups is 2. The Morgan fingerprint density at radius 2 is 1.53 bits per heavy atom. The van der Waals surface area contributed by atoms with Crippen molar-refractivity contribution >= 4 is 40.7 Å². The highest BCUT2D eigenvalue weighted by atomic mass is 16.5. The molecule has 2 aliphatic carbocycles. The van der Waals surface area contributed by atoms with Gasteiger partial charge in [-0.05, 0) is 85.3 Å². The lowest BCUT2D eigenvalue weighted by Crippen LogP contribution is -2.53. The van der Waals surface area contributed by atoms with Crippen LogP contribution in [0, 0.1) is 30.6 Å². The molecule has 11 heteroatoms. The second-order valence-electron chi connectivity index (χ2n) is 15.2. The zero-order valence-corrected chi connectivity index (χ0v) is 30.7. The molecule has 5 aliphatic rings. The van der Waals surface area contributed by atoms with Crippen molar-refractivity contribution < 1.29 is 33.8 Å². The molecule has 0 aromatic heterocycles. The van der Waals surface area contributed by atoms with Gasteiger partial charge in [0.05, 0.1) is 54.9 Å². The van der Waals surface area contributed by atoms with Gasteiger partial charge in [0.25, 0.3) is 11.8 Å². The number of aromatic hydroxyl groups is 1. The fourth-order valence-corrected chi connectivity index (χ4v) is 9.88. The number of nitrogens with one attached hydrogen (secondary N) is 1. The summed E-state index contributed by atoms with van der Waals surface area (Å²) in [6.07, 6.45) is 2.52. The Kier molecular flexibility index (Phi) is 8.49. The number of allylic oxidation sites excluding steroid dienone is 2. The molecular weight excluding hydrogens is 697 g/mol. The second kappa shape index (κ2) is 13.4. The maximum Gasteiger partial charge on any atom is 0.260 e. The number of phenolic OH excluding ortho intramolecular Hbond substituents is 1. The van der Waals surface area contributed by atoms with E-state index in [0.717, 1.165) is 34.9 Å². The Morgan fingerprint density at radius 3 is 2.24 bits per heavy atom. The fourth-order valence-electron chi connectivity index (χ4n) is 9.88. The number of aryl methyl sites for hydroxylation is 1. The topological polar surface area (TPSA) is 129 Å². The highest BCUT2D eigenvalue weighted by Crippen LogP contribution is 2.64. The van der Waals surface area contributed by atoms with Crippen molar-refractivity contribution in [1.82, 2.24) is 5.01 Å². The number of methoxy groups -OCH3 is 1. The average molecular weight is 739 g/mol. The fraction of sp³-hybridized carbons (Fsp3) is 0.318. The van der Waals surface area contributed by atoms with Gasteiger partial charge in [-0.3, -0.25) is 29.5 Å². The molecule has 280 valence electrons. The average Bonchev–Trinajstić information content (AvgIpc) is 3.60. The third-order valence-electron chi connectivity index (χ3n) is 12.4. The molecular formula is C44H42N4O7. The third-order valence-corrected chi connectivity index (χ3v) is 12.4. The first-order valence-corrected chi connectivity index (χ1v) is 18.9. The summed E-state index contributed by atoms with van der Waals surface area (Å²) in [6.45, 7) is 4.78. The molecule has 0 unspecified atom stereocenters. The lowest BCUT2D eigenvalue weighted by Gasteiger charge is -2.50. The predicted octanol–water partition coefficient (Wildman–Crippen LogP) is 5.74. The maximum atomic E-state index is 15.3. The molecule has 3 aliphatic heterocycles. The zero-order chi connectivity index (χ0) is 38.0. The Hall–Kier alpha value is -5.94. The Morgan fingerprint density at radius 1 is 0.818 bits per heavy atom. The van der Waals surface area contributed by atoms with E-state index < -0.39 is 46.8 Å². The van der Waals surface area contributed by atoms with Crippen molar-refractivity contribution in [3.8, 4) is 11.5 Å². The summed E-state index contributed by atoms with van der Waals surface area (Å²) in [7, 11) is 1.46. The van der Waals surface area contributed by atoms with E-state index in [1.54, 1.807) is 12.1 Å². The summed E-state index contributed by atoms with van der Waals surface area (Å²) >= 11 is 0. The number of fused-ring (bicyclic) bond motifs is 4. The largest absolute Gasteiger partial charge is 0.504 e. The van der Waals surface area contributed by atoms with Crippen molar-refractivity contribution in [2.45, 2.75) is 31.1 Å². The molecule has 2 N–H and O–H groups in total. The molecule has 9 rings (SSSR count). The molecule has 3 saturated heterocycles. The Labute approximate surface area is 319 Å². The first kappa shape index (κ1) is 34.8. The number of nitrogens with zero attached hydrogens (tertiary/aromatic N) is 3. The van der Waals surface area contributed by atoms with Gasteiger partial charge in [0.15, 0.2) is 11.5 Å². The monoisotopic (exact) mass is 738 g/mol. The number of hydrogen-bond acceptors (Lipinski definition) is 9. The number of hydrazine groups is 1. The molecule has 4 amide bonds. The molecule has 0 bridgehead atoms. The summed E-state index contributed by atoms with van der Waals surface area (Å²) in [4.78, 5) is 62.8. The van der Waals surface area contributed by atoms with Gasteiger partial charge in [0.1, 0.15) is 0 Å². The SMILES string of the molecule is COc1cc([C@H]2C3=CC[C@@H]4C(=O)N(c5ccc(N6CCOCC6)cc5)C(=O)[C@@H]4[C@@H]3C[C@H]3C(=O)N(Nc4ccc(C)cc4)C(=O)[C@@]23c2ccccc2)ccc1O. The van der Waals surface area contributed by atoms with Crippen LogP contribution in [0.25, 0.3) is 0 Å². The quantitative estimate of drug-likeness (QED) is 0.180. The summed E-state index contributed by atoms with van der Waals surface area (Å²) in [5.41, 5.74) is 6.99. The van der Waals surface area contributed by atoms with Gasteiger partial charge >= 0.3 is 0 Å². The summed E-state index contributed by atoms with van der Waals surface area (Å²) in [5.74, 6) is -4.72. The van der Waals surface area contributed by atoms with Crippen molar-refractivity contribution in [2.75, 3.05) is 48.6 Å². The molecule has 4 fully saturated rings. The number of hydrogen-bond donors (Lipinski definition) is 2. The highest BCUT2D eigenvalue weighted by Gasteiger charge is 2.70. The molecule has 0 spiro atoms. The molecule has 0 radical (unpaired) electrons. The minimum Gasteiger partial charge on any atom is -0.504 e. The molecule has 6 atom stereocenters. The van der Waals surface area contributed by atoms with Gasteiger partial charge < -0.3 is 19.5 Å². The molecule has 11 nitrogen and oxygen atoms in total. The standard InChI is InChI=1S/C44H42N4O7/c1-26-8-11-29(12-9-26)45-48-41(51)35-25-34-32(39(27-10-19-36(49)37(24-27)54-2)44(35,43(48)53)28-6-4-3-5-7-28)17-18-33-38(34)42(52)47(40(33)50)31-15-13-30(14-16-31)46-20-22-55-23-21-46/h3-17,19,24,33-35,38-39,45,49H,18,20-23,25H2,1-2H3/t33-,34+,35-,38-,39-,44+/m0/s1. The molecule has 4 aromatic carbocycles. The molecule has 4 aromatic rings. The van der Waals surface area contributed by atoms with E-state index in [9.17, 15) is 19.5 Å². The number of amides is 4. The van der Waals surface area contributed by atoms with Crippen LogP contribution in [0.3, 0.4) is 0 Å². The lowest BCUT2D eigenvalue weighted by atomic mass is 9.49. The Balaban J connectivity index is 1.16. The van der Waals surface area contributed by atoms with E-state index in [1.165, 1.54) is 18.1 Å². The van der Waals surface area contributed by atoms with E-state index in [0.29, 0.717) is 42.1 Å². The van der Waals surface area contributed by atoms with E-state index in [-0.39, 0.29) is 29.7 Å². The van der Waals surface area contributed by atoms with Gasteiger partial charge in [-0.25, -0.2) is 0 Å². The zero-order valence-electron chi connectivity index (χ0n) is 30.7. The smallest absolute Gasteiger partial charge is 0.260 e. The normalized spacial score (nSPS) is 27.4. The van der Waals surface area contributed by atoms with Crippen LogP contribution >= 0.6 is 0 Å². The number of carbonyl (C=O) groups is 4. The third kappa shape index (κ3) is 5.35. The number of morpholine rings is 1. The van der Waals surface area contributed by atoms with Crippen LogP contribution in [0.4, 0.5) is 17.1 Å². The van der Waals surface area contributed by atoms with Crippen LogP contribution in [0.15, 0.2) is 109 Å². The number of ether oxygens (including phenoxy) is 2. The van der Waals surface area contributed by atoms with Crippen LogP contribution < -0.4 is 20.0 Å². The van der Waals surface area contributed by atoms with Crippen LogP contribution in [-0.4, -0.2) is 67.2 Å². The van der Waals surface area contributed by atoms with E-state index in [1.807, 2.05) is 91.9 Å². The van der Waals surface area contributed by atoms with Crippen LogP contribution in [0.5, 0.6) is 11.5 Å². The van der Waals surface area contributed by atoms with Crippen molar-refractivity contribution in [3.05, 3.63) is 125 Å². The summed E-state index contributed by atoms with van der Waals surface area (Å²) in [5, 5.41) is 11.8. The molecule has 55 heavy (non-hydrogen) atoms. The van der Waals surface area contributed by atoms with Crippen LogP contribution in [0.2, 0.25) is 0 Å². The van der Waals surface area contributed by atoms with E-state index in [2.05, 4.69) is 10.3 Å². The molecule has 3 heterocycles. The summed E-state index contributed by atoms with van der Waals surface area (Å²) < 4.78 is 11.1. The van der Waals surface area contributed by atoms with E-state index in [4.69, 9.17) is 9.47 Å². The van der Waals surface area contributed by atoms with Gasteiger partial charge in [-0.2, -0.15) is 5.01 Å². The minimum absolute atomic E-state index is 0.0649. The number of carbonyl (C=O) groups excluding carboxylic acids is 4. The first-order valence-electron chi connectivity index (χ1n) is 18.9. The lowest BCUT2D eigenvalue weighted by molar-refractivity contribution is -0.138. The first-order chi connectivity index (χ1) is 26.7. The van der Waals surface area contributed by atoms with Gasteiger partial charge in [-0.1, -0.05) is 65.7 Å². The van der Waals surface area contributed by atoms with E-state index >= 15 is 4.79 Å². The van der Waals surface area contributed by atoms with Crippen LogP contribution in [0.1, 0.15) is 35.4 Å². The van der Waals surface area contributed by atoms with Gasteiger partial charge in [0.2, 0.25) is 11.8 Å². The van der Waals surface area contributed by atoms with Crippen molar-refractivity contribution in [3.63, 3.8) is 0 Å². The van der Waals surface area contributed by atoms with Crippen molar-refractivity contribution in [1.29, 1.82) is 0 Å². The predicted molar refractivity (Wildman–Crippen MR) is 205 cm³/mol. The Bertz CT molecular complexity index is 2220. The van der Waals surface area contributed by atoms with Crippen LogP contribution in [-0.2, 0) is 29.3 Å². The number of phenols is 1. The number of benzene rings is 4. The van der Waals surface area contributed by atoms with Gasteiger partial charge in [-0.15, -0.1) is 0 Å².